The van der Waals surface area contributed by atoms with E-state index in [1.165, 1.54) is 16.7 Å². The van der Waals surface area contributed by atoms with Crippen LogP contribution in [-0.2, 0) is 33.9 Å². The topological polar surface area (TPSA) is 191 Å². The molecule has 0 unspecified atom stereocenters. The van der Waals surface area contributed by atoms with Crippen LogP contribution in [0.1, 0.15) is 60.9 Å². The smallest absolute Gasteiger partial charge is 0.245 e. The van der Waals surface area contributed by atoms with E-state index in [9.17, 15) is 14.4 Å². The summed E-state index contributed by atoms with van der Waals surface area (Å²) in [7, 11) is 3.80. The molecule has 3 atom stereocenters. The van der Waals surface area contributed by atoms with Crippen LogP contribution in [-0.4, -0.2) is 114 Å². The number of fused-ring (bicyclic) bond motifs is 3. The van der Waals surface area contributed by atoms with Gasteiger partial charge in [-0.05, 0) is 136 Å². The Balaban J connectivity index is 1.29. The number of hydrogen-bond donors (Lipinski definition) is 6. The number of pyridine rings is 2. The first-order chi connectivity index (χ1) is 31.0. The van der Waals surface area contributed by atoms with Gasteiger partial charge in [-0.3, -0.25) is 14.4 Å². The van der Waals surface area contributed by atoms with Crippen LogP contribution < -0.4 is 32.3 Å². The summed E-state index contributed by atoms with van der Waals surface area (Å²) < 4.78 is 0. The van der Waals surface area contributed by atoms with Gasteiger partial charge in [0.25, 0.3) is 0 Å². The van der Waals surface area contributed by atoms with Crippen molar-refractivity contribution in [3.63, 3.8) is 0 Å². The number of aryl methyl sites for hydroxylation is 2. The highest BCUT2D eigenvalue weighted by molar-refractivity contribution is 7.99. The van der Waals surface area contributed by atoms with E-state index < -0.39 is 18.1 Å². The van der Waals surface area contributed by atoms with Gasteiger partial charge in [-0.25, -0.2) is 9.97 Å². The molecule has 0 bridgehead atoms. The number of unbranched alkanes of at least 4 members (excludes halogenated alkanes) is 1. The van der Waals surface area contributed by atoms with Gasteiger partial charge in [0.05, 0.1) is 11.1 Å². The number of para-hydroxylation sites is 1. The Morgan fingerprint density at radius 3 is 2.38 bits per heavy atom. The van der Waals surface area contributed by atoms with E-state index in [0.717, 1.165) is 81.3 Å². The third-order valence-corrected chi connectivity index (χ3v) is 14.1. The van der Waals surface area contributed by atoms with Crippen LogP contribution in [0.15, 0.2) is 83.0 Å². The molecule has 1 saturated heterocycles. The first-order valence-electron chi connectivity index (χ1n) is 22.4. The van der Waals surface area contributed by atoms with Gasteiger partial charge in [-0.1, -0.05) is 47.6 Å². The fourth-order valence-corrected chi connectivity index (χ4v) is 10.0. The maximum absolute atomic E-state index is 14.8. The number of H-pyrrole nitrogens is 1. The first-order valence-corrected chi connectivity index (χ1v) is 23.6. The second-order valence-corrected chi connectivity index (χ2v) is 18.3. The third kappa shape index (κ3) is 11.4. The molecule has 0 spiro atoms. The normalized spacial score (nSPS) is 19.5. The molecule has 0 aliphatic carbocycles. The van der Waals surface area contributed by atoms with E-state index in [2.05, 4.69) is 56.0 Å². The molecule has 0 radical (unpaired) electrons. The lowest BCUT2D eigenvalue weighted by molar-refractivity contribution is -0.142. The minimum atomic E-state index is -0.880. The Kier molecular flexibility index (Phi) is 16.3. The molecule has 8 N–H and O–H groups in total. The molecular formula is C48H62ClN11O3S. The highest BCUT2D eigenvalue weighted by Gasteiger charge is 2.34. The number of likely N-dealkylation sites (N-methyl/N-ethyl adjacent to an activating group) is 2. The fraction of sp³-hybridized carbons (Fsp3) is 0.438. The maximum Gasteiger partial charge on any atom is 0.245 e. The van der Waals surface area contributed by atoms with Crippen molar-refractivity contribution in [1.29, 1.82) is 0 Å². The number of nitrogens with one attached hydrogen (secondary N) is 4. The number of carbonyl (C=O) groups is 3. The van der Waals surface area contributed by atoms with Crippen molar-refractivity contribution < 1.29 is 14.4 Å². The Bertz CT molecular complexity index is 2400. The van der Waals surface area contributed by atoms with Crippen LogP contribution in [0.25, 0.3) is 22.0 Å². The standard InChI is InChI=1S/C48H62ClN11O3S/c1-31-36(37-11-4-5-12-39(37)56-31)15-16-42-46(62)55-30-35-26-34(32-17-21-52-43(28-32)60-24-22-58(2)23-25-60)27-38(49)44(35)64-47-33(10-9-20-53-47)29-54-40(14-8-19-51)45(61)57-41(13-6-7-18-50)48(63)59(42)3/h4-5,9-12,17,20-21,26-28,40-42,54,56H,6-8,13-16,18-19,22-25,29-30,50-51H2,1-3H3,(H,55,62)(H,57,61)/t40-,41-,42-/m0/s1. The number of aromatic amines is 1. The Labute approximate surface area is 385 Å². The number of benzene rings is 2. The van der Waals surface area contributed by atoms with E-state index in [1.54, 1.807) is 13.2 Å². The van der Waals surface area contributed by atoms with Gasteiger partial charge in [-0.15, -0.1) is 0 Å². The zero-order chi connectivity index (χ0) is 45.2. The van der Waals surface area contributed by atoms with Crippen molar-refractivity contribution in [2.45, 2.75) is 93.0 Å². The van der Waals surface area contributed by atoms with Gasteiger partial charge in [0.1, 0.15) is 22.9 Å². The molecule has 3 amide bonds. The van der Waals surface area contributed by atoms with Crippen molar-refractivity contribution in [2.75, 3.05) is 58.3 Å². The predicted molar refractivity (Wildman–Crippen MR) is 256 cm³/mol. The summed E-state index contributed by atoms with van der Waals surface area (Å²) >= 11 is 8.72. The quantitative estimate of drug-likeness (QED) is 0.0881. The molecule has 5 heterocycles. The summed E-state index contributed by atoms with van der Waals surface area (Å²) in [5, 5.41) is 12.1. The highest BCUT2D eigenvalue weighted by atomic mass is 35.5. The number of nitrogens with zero attached hydrogens (tertiary/aromatic N) is 5. The van der Waals surface area contributed by atoms with Gasteiger partial charge in [0.2, 0.25) is 17.7 Å². The predicted octanol–water partition coefficient (Wildman–Crippen LogP) is 5.39. The molecule has 64 heavy (non-hydrogen) atoms. The van der Waals surface area contributed by atoms with Crippen molar-refractivity contribution >= 4 is 57.8 Å². The molecular weight excluding hydrogens is 846 g/mol. The molecule has 0 saturated carbocycles. The number of carbonyl (C=O) groups excluding carboxylic acids is 3. The molecule has 340 valence electrons. The molecule has 14 nitrogen and oxygen atoms in total. The second kappa shape index (κ2) is 22.2. The molecule has 2 aromatic carbocycles. The maximum atomic E-state index is 14.8. The van der Waals surface area contributed by atoms with Gasteiger partial charge in [-0.2, -0.15) is 0 Å². The summed E-state index contributed by atoms with van der Waals surface area (Å²) in [6.07, 6.45) is 7.18. The average molecular weight is 909 g/mol. The van der Waals surface area contributed by atoms with Crippen LogP contribution in [0.5, 0.6) is 0 Å². The van der Waals surface area contributed by atoms with Crippen molar-refractivity contribution in [2.24, 2.45) is 11.5 Å². The molecule has 7 rings (SSSR count). The number of aromatic nitrogens is 3. The highest BCUT2D eigenvalue weighted by Crippen LogP contribution is 2.40. The van der Waals surface area contributed by atoms with Crippen LogP contribution >= 0.6 is 23.4 Å². The van der Waals surface area contributed by atoms with E-state index in [-0.39, 0.29) is 24.3 Å². The summed E-state index contributed by atoms with van der Waals surface area (Å²) in [6.45, 7) is 7.03. The molecule has 1 fully saturated rings. The van der Waals surface area contributed by atoms with Crippen LogP contribution in [0.4, 0.5) is 5.82 Å². The Morgan fingerprint density at radius 1 is 0.797 bits per heavy atom. The monoisotopic (exact) mass is 907 g/mol. The number of nitrogens with two attached hydrogens (primary N) is 2. The molecule has 2 aliphatic heterocycles. The minimum absolute atomic E-state index is 0.133. The van der Waals surface area contributed by atoms with E-state index in [0.29, 0.717) is 74.6 Å². The molecule has 5 aromatic rings. The zero-order valence-electron chi connectivity index (χ0n) is 37.2. The van der Waals surface area contributed by atoms with Gasteiger partial charge < -0.3 is 47.1 Å². The number of piperazine rings is 1. The fourth-order valence-electron chi connectivity index (χ4n) is 8.66. The van der Waals surface area contributed by atoms with E-state index in [4.69, 9.17) is 33.0 Å². The summed E-state index contributed by atoms with van der Waals surface area (Å²) in [5.41, 5.74) is 18.5. The lowest BCUT2D eigenvalue weighted by Crippen LogP contribution is -2.56. The second-order valence-electron chi connectivity index (χ2n) is 16.9. The summed E-state index contributed by atoms with van der Waals surface area (Å²) in [5.74, 6) is -0.0613. The number of anilines is 1. The lowest BCUT2D eigenvalue weighted by Gasteiger charge is -2.33. The van der Waals surface area contributed by atoms with Crippen LogP contribution in [0.2, 0.25) is 5.02 Å². The SMILES string of the molecule is Cc1[nH]c2ccccc2c1CC[C@H]1C(=O)NCc2cc(-c3ccnc(N4CCN(C)CC4)c3)cc(Cl)c2Sc2ncccc2CN[C@@H](CCCN)C(=O)N[C@@H](CCCCN)C(=O)N1C. The largest absolute Gasteiger partial charge is 0.358 e. The van der Waals surface area contributed by atoms with Gasteiger partial charge in [0, 0.05) is 80.2 Å². The molecule has 2 aliphatic rings. The van der Waals surface area contributed by atoms with Crippen molar-refractivity contribution in [1.82, 2.24) is 40.7 Å². The molecule has 3 aromatic heterocycles. The number of rotatable bonds is 12. The number of halogens is 1. The van der Waals surface area contributed by atoms with Gasteiger partial charge in [0.15, 0.2) is 0 Å². The minimum Gasteiger partial charge on any atom is -0.358 e. The number of amides is 3. The van der Waals surface area contributed by atoms with E-state index in [1.807, 2.05) is 55.6 Å². The number of hydrogen-bond acceptors (Lipinski definition) is 11. The summed E-state index contributed by atoms with van der Waals surface area (Å²) in [6, 6.07) is 17.6. The Hall–Kier alpha value is -5.03. The summed E-state index contributed by atoms with van der Waals surface area (Å²) in [4.78, 5) is 63.6. The first kappa shape index (κ1) is 46.9. The zero-order valence-corrected chi connectivity index (χ0v) is 38.7. The van der Waals surface area contributed by atoms with Crippen molar-refractivity contribution in [3.8, 4) is 11.1 Å². The molecule has 16 heteroatoms. The van der Waals surface area contributed by atoms with Gasteiger partial charge >= 0.3 is 0 Å². The third-order valence-electron chi connectivity index (χ3n) is 12.5. The average Bonchev–Trinajstić information content (AvgIpc) is 3.63. The lowest BCUT2D eigenvalue weighted by atomic mass is 9.99. The van der Waals surface area contributed by atoms with Crippen LogP contribution in [0, 0.1) is 6.92 Å². The Morgan fingerprint density at radius 2 is 1.58 bits per heavy atom. The van der Waals surface area contributed by atoms with Crippen molar-refractivity contribution in [3.05, 3.63) is 100 Å². The van der Waals surface area contributed by atoms with E-state index >= 15 is 0 Å². The van der Waals surface area contributed by atoms with Crippen LogP contribution in [0.3, 0.4) is 0 Å².